The van der Waals surface area contributed by atoms with Crippen LogP contribution in [0.4, 0.5) is 5.82 Å². The molecule has 144 valence electrons. The zero-order valence-corrected chi connectivity index (χ0v) is 16.3. The molecule has 2 aromatic heterocycles. The van der Waals surface area contributed by atoms with Crippen molar-refractivity contribution in [1.82, 2.24) is 14.9 Å². The van der Waals surface area contributed by atoms with Gasteiger partial charge in [-0.2, -0.15) is 0 Å². The lowest BCUT2D eigenvalue weighted by Gasteiger charge is -2.26. The van der Waals surface area contributed by atoms with Crippen molar-refractivity contribution in [1.29, 1.82) is 0 Å². The molecular formula is C21H22N4O2S. The van der Waals surface area contributed by atoms with Gasteiger partial charge in [0.05, 0.1) is 24.6 Å². The van der Waals surface area contributed by atoms with Gasteiger partial charge in [0.2, 0.25) is 5.91 Å². The van der Waals surface area contributed by atoms with Crippen molar-refractivity contribution in [2.24, 2.45) is 0 Å². The van der Waals surface area contributed by atoms with Crippen molar-refractivity contribution in [2.45, 2.75) is 25.4 Å². The number of anilines is 1. The topological polar surface area (TPSA) is 78.4 Å². The summed E-state index contributed by atoms with van der Waals surface area (Å²) < 4.78 is 0. The maximum atomic E-state index is 12.0. The summed E-state index contributed by atoms with van der Waals surface area (Å²) in [4.78, 5) is 24.7. The molecule has 28 heavy (non-hydrogen) atoms. The number of aromatic nitrogens is 2. The molecule has 0 fully saturated rings. The first kappa shape index (κ1) is 18.6. The van der Waals surface area contributed by atoms with Crippen molar-refractivity contribution < 1.29 is 9.90 Å². The number of rotatable bonds is 6. The summed E-state index contributed by atoms with van der Waals surface area (Å²) >= 11 is 1.60. The van der Waals surface area contributed by atoms with E-state index in [0.717, 1.165) is 32.9 Å². The fraction of sp³-hybridized carbons (Fsp3) is 0.286. The van der Waals surface area contributed by atoms with E-state index in [0.29, 0.717) is 19.5 Å². The van der Waals surface area contributed by atoms with Gasteiger partial charge in [-0.1, -0.05) is 36.9 Å². The van der Waals surface area contributed by atoms with Gasteiger partial charge in [-0.3, -0.25) is 4.79 Å². The largest absolute Gasteiger partial charge is 0.394 e. The van der Waals surface area contributed by atoms with Crippen LogP contribution in [-0.4, -0.2) is 45.1 Å². The minimum absolute atomic E-state index is 0.00827. The van der Waals surface area contributed by atoms with Crippen LogP contribution < -0.4 is 5.32 Å². The summed E-state index contributed by atoms with van der Waals surface area (Å²) in [5.41, 5.74) is 2.36. The molecule has 0 saturated carbocycles. The predicted octanol–water partition coefficient (Wildman–Crippen LogP) is 2.78. The molecule has 0 spiro atoms. The Labute approximate surface area is 167 Å². The lowest BCUT2D eigenvalue weighted by atomic mass is 10.0. The number of thiophene rings is 1. The number of fused-ring (bicyclic) bond motifs is 3. The fourth-order valence-corrected chi connectivity index (χ4v) is 4.81. The van der Waals surface area contributed by atoms with Crippen molar-refractivity contribution in [3.63, 3.8) is 0 Å². The van der Waals surface area contributed by atoms with E-state index in [9.17, 15) is 9.90 Å². The number of amides is 1. The Morgan fingerprint density at radius 1 is 1.36 bits per heavy atom. The second-order valence-electron chi connectivity index (χ2n) is 6.83. The van der Waals surface area contributed by atoms with Gasteiger partial charge in [0.15, 0.2) is 0 Å². The summed E-state index contributed by atoms with van der Waals surface area (Å²) in [7, 11) is 0. The number of benzene rings is 1. The van der Waals surface area contributed by atoms with Gasteiger partial charge in [-0.15, -0.1) is 11.3 Å². The van der Waals surface area contributed by atoms with E-state index in [1.165, 1.54) is 11.6 Å². The van der Waals surface area contributed by atoms with Crippen molar-refractivity contribution in [3.8, 4) is 0 Å². The minimum Gasteiger partial charge on any atom is -0.394 e. The van der Waals surface area contributed by atoms with Crippen LogP contribution in [0.1, 0.15) is 16.0 Å². The highest BCUT2D eigenvalue weighted by Gasteiger charge is 2.25. The van der Waals surface area contributed by atoms with Crippen LogP contribution in [0.2, 0.25) is 0 Å². The Morgan fingerprint density at radius 2 is 2.18 bits per heavy atom. The van der Waals surface area contributed by atoms with Gasteiger partial charge in [-0.25, -0.2) is 9.97 Å². The molecule has 1 aliphatic rings. The average molecular weight is 395 g/mol. The van der Waals surface area contributed by atoms with Gasteiger partial charge in [-0.05, 0) is 30.0 Å². The highest BCUT2D eigenvalue weighted by atomic mass is 32.1. The van der Waals surface area contributed by atoms with E-state index >= 15 is 0 Å². The average Bonchev–Trinajstić information content (AvgIpc) is 3.12. The molecule has 1 amide bonds. The molecule has 0 aliphatic carbocycles. The third kappa shape index (κ3) is 3.63. The molecule has 1 aromatic carbocycles. The second kappa shape index (κ2) is 8.08. The second-order valence-corrected chi connectivity index (χ2v) is 7.92. The monoisotopic (exact) mass is 394 g/mol. The summed E-state index contributed by atoms with van der Waals surface area (Å²) in [5.74, 6) is 0.705. The first-order valence-corrected chi connectivity index (χ1v) is 10.1. The molecule has 3 heterocycles. The number of aliphatic hydroxyl groups excluding tert-OH is 1. The van der Waals surface area contributed by atoms with Crippen LogP contribution in [0, 0.1) is 0 Å². The number of carbonyl (C=O) groups is 1. The van der Waals surface area contributed by atoms with Crippen LogP contribution in [0.5, 0.6) is 0 Å². The molecule has 1 aliphatic heterocycles. The minimum atomic E-state index is -0.140. The van der Waals surface area contributed by atoms with Crippen molar-refractivity contribution in [2.75, 3.05) is 18.5 Å². The summed E-state index contributed by atoms with van der Waals surface area (Å²) in [6, 6.07) is 9.95. The molecule has 3 aromatic rings. The van der Waals surface area contributed by atoms with E-state index in [2.05, 4.69) is 34.0 Å². The highest BCUT2D eigenvalue weighted by molar-refractivity contribution is 7.19. The highest BCUT2D eigenvalue weighted by Crippen LogP contribution is 2.37. The molecule has 0 unspecified atom stereocenters. The van der Waals surface area contributed by atoms with Gasteiger partial charge in [0.25, 0.3) is 0 Å². The molecule has 7 heteroatoms. The molecular weight excluding hydrogens is 372 g/mol. The molecule has 2 N–H and O–H groups in total. The van der Waals surface area contributed by atoms with Crippen LogP contribution in [-0.2, 0) is 24.2 Å². The third-order valence-corrected chi connectivity index (χ3v) is 6.13. The van der Waals surface area contributed by atoms with Gasteiger partial charge in [0, 0.05) is 11.4 Å². The number of carbonyl (C=O) groups excluding carboxylic acids is 1. The zero-order chi connectivity index (χ0) is 19.5. The zero-order valence-electron chi connectivity index (χ0n) is 15.5. The maximum absolute atomic E-state index is 12.0. The molecule has 0 radical (unpaired) electrons. The van der Waals surface area contributed by atoms with E-state index < -0.39 is 0 Å². The van der Waals surface area contributed by atoms with Crippen LogP contribution in [0.25, 0.3) is 10.2 Å². The Hall–Kier alpha value is -2.77. The van der Waals surface area contributed by atoms with Crippen LogP contribution in [0.3, 0.4) is 0 Å². The first-order valence-electron chi connectivity index (χ1n) is 9.27. The third-order valence-electron chi connectivity index (χ3n) is 5.01. The molecule has 0 bridgehead atoms. The molecule has 0 saturated heterocycles. The summed E-state index contributed by atoms with van der Waals surface area (Å²) in [6.07, 6.45) is 4.38. The number of nitrogens with zero attached hydrogens (tertiary/aromatic N) is 3. The van der Waals surface area contributed by atoms with Gasteiger partial charge in [0.1, 0.15) is 17.0 Å². The number of hydrogen-bond acceptors (Lipinski definition) is 6. The van der Waals surface area contributed by atoms with Crippen molar-refractivity contribution in [3.05, 3.63) is 65.3 Å². The molecule has 6 nitrogen and oxygen atoms in total. The van der Waals surface area contributed by atoms with E-state index in [1.807, 2.05) is 18.2 Å². The number of aliphatic hydroxyl groups is 1. The predicted molar refractivity (Wildman–Crippen MR) is 111 cm³/mol. The maximum Gasteiger partial charge on any atom is 0.246 e. The van der Waals surface area contributed by atoms with E-state index in [-0.39, 0.29) is 18.6 Å². The summed E-state index contributed by atoms with van der Waals surface area (Å²) in [5, 5.41) is 14.3. The quantitative estimate of drug-likeness (QED) is 0.629. The smallest absolute Gasteiger partial charge is 0.246 e. The molecule has 1 atom stereocenters. The Balaban J connectivity index is 1.62. The Morgan fingerprint density at radius 3 is 2.93 bits per heavy atom. The Kier molecular flexibility index (Phi) is 5.36. The van der Waals surface area contributed by atoms with Crippen LogP contribution in [0.15, 0.2) is 49.3 Å². The lowest BCUT2D eigenvalue weighted by molar-refractivity contribution is -0.126. The number of nitrogens with one attached hydrogen (secondary N) is 1. The fourth-order valence-electron chi connectivity index (χ4n) is 3.61. The van der Waals surface area contributed by atoms with E-state index in [4.69, 9.17) is 0 Å². The standard InChI is InChI=1S/C21H22N4O2S/c1-2-18(27)25-9-8-16-17(11-25)28-21-19(16)20(22-13-23-21)24-15(12-26)10-14-6-4-3-5-7-14/h2-7,13,15,26H,1,8-12H2,(H,22,23,24)/t15-/m0/s1. The van der Waals surface area contributed by atoms with E-state index in [1.54, 1.807) is 22.6 Å². The SMILES string of the molecule is C=CC(=O)N1CCc2c(sc3ncnc(N[C@H](CO)Cc4ccccc4)c23)C1. The Bertz CT molecular complexity index is 1000. The van der Waals surface area contributed by atoms with Gasteiger partial charge < -0.3 is 15.3 Å². The van der Waals surface area contributed by atoms with Gasteiger partial charge >= 0.3 is 0 Å². The van der Waals surface area contributed by atoms with Crippen LogP contribution >= 0.6 is 11.3 Å². The first-order chi connectivity index (χ1) is 13.7. The van der Waals surface area contributed by atoms with Crippen molar-refractivity contribution >= 4 is 33.3 Å². The molecule has 4 rings (SSSR count). The lowest BCUT2D eigenvalue weighted by Crippen LogP contribution is -2.34. The summed E-state index contributed by atoms with van der Waals surface area (Å²) in [6.45, 7) is 4.83. The normalized spacial score (nSPS) is 14.5. The number of hydrogen-bond donors (Lipinski definition) is 2.